The second-order valence-electron chi connectivity index (χ2n) is 4.53. The standard InChI is InChI=1S/C16H17Br2NO2/c1-20-15-7-12(14(18)8-16(15)21-2)10-19-9-11-3-5-13(17)6-4-11/h3-8,19H,9-10H2,1-2H3. The Hall–Kier alpha value is -1.04. The van der Waals surface area contributed by atoms with Crippen molar-refractivity contribution in [1.29, 1.82) is 0 Å². The fraction of sp³-hybridized carbons (Fsp3) is 0.250. The molecule has 0 saturated carbocycles. The largest absolute Gasteiger partial charge is 0.493 e. The zero-order chi connectivity index (χ0) is 15.2. The van der Waals surface area contributed by atoms with Crippen molar-refractivity contribution in [3.63, 3.8) is 0 Å². The molecule has 0 aliphatic heterocycles. The van der Waals surface area contributed by atoms with Crippen molar-refractivity contribution in [2.45, 2.75) is 13.1 Å². The molecule has 0 atom stereocenters. The highest BCUT2D eigenvalue weighted by atomic mass is 79.9. The van der Waals surface area contributed by atoms with Crippen LogP contribution in [0.15, 0.2) is 45.3 Å². The molecule has 0 aliphatic rings. The number of halogens is 2. The molecule has 0 saturated heterocycles. The summed E-state index contributed by atoms with van der Waals surface area (Å²) in [5, 5.41) is 3.43. The first-order valence-corrected chi connectivity index (χ1v) is 8.08. The average Bonchev–Trinajstić information content (AvgIpc) is 2.50. The number of benzene rings is 2. The first-order chi connectivity index (χ1) is 10.1. The van der Waals surface area contributed by atoms with Crippen LogP contribution in [0.5, 0.6) is 11.5 Å². The van der Waals surface area contributed by atoms with Gasteiger partial charge in [0.2, 0.25) is 0 Å². The van der Waals surface area contributed by atoms with Crippen LogP contribution in [0.4, 0.5) is 0 Å². The summed E-state index contributed by atoms with van der Waals surface area (Å²) in [4.78, 5) is 0. The Bertz CT molecular complexity index is 600. The van der Waals surface area contributed by atoms with Gasteiger partial charge in [-0.05, 0) is 35.4 Å². The summed E-state index contributed by atoms with van der Waals surface area (Å²) < 4.78 is 12.7. The van der Waals surface area contributed by atoms with Crippen LogP contribution in [-0.2, 0) is 13.1 Å². The Morgan fingerprint density at radius 3 is 2.14 bits per heavy atom. The molecule has 112 valence electrons. The Kier molecular flexibility index (Phi) is 6.08. The van der Waals surface area contributed by atoms with Crippen molar-refractivity contribution >= 4 is 31.9 Å². The topological polar surface area (TPSA) is 30.5 Å². The van der Waals surface area contributed by atoms with Crippen molar-refractivity contribution in [2.75, 3.05) is 14.2 Å². The second kappa shape index (κ2) is 7.82. The SMILES string of the molecule is COc1cc(Br)c(CNCc2ccc(Br)cc2)cc1OC. The second-order valence-corrected chi connectivity index (χ2v) is 6.30. The van der Waals surface area contributed by atoms with Crippen LogP contribution >= 0.6 is 31.9 Å². The number of ether oxygens (including phenoxy) is 2. The van der Waals surface area contributed by atoms with Crippen molar-refractivity contribution in [2.24, 2.45) is 0 Å². The maximum absolute atomic E-state index is 5.33. The molecule has 0 radical (unpaired) electrons. The van der Waals surface area contributed by atoms with E-state index in [-0.39, 0.29) is 0 Å². The smallest absolute Gasteiger partial charge is 0.161 e. The first kappa shape index (κ1) is 16.3. The van der Waals surface area contributed by atoms with Gasteiger partial charge in [0.25, 0.3) is 0 Å². The van der Waals surface area contributed by atoms with Gasteiger partial charge in [0.05, 0.1) is 14.2 Å². The maximum atomic E-state index is 5.33. The summed E-state index contributed by atoms with van der Waals surface area (Å²) >= 11 is 7.00. The molecule has 2 rings (SSSR count). The quantitative estimate of drug-likeness (QED) is 0.753. The molecule has 0 spiro atoms. The summed E-state index contributed by atoms with van der Waals surface area (Å²) in [7, 11) is 3.28. The fourth-order valence-electron chi connectivity index (χ4n) is 1.98. The molecule has 2 aromatic carbocycles. The molecule has 0 heterocycles. The first-order valence-electron chi connectivity index (χ1n) is 6.49. The van der Waals surface area contributed by atoms with Crippen LogP contribution in [0.2, 0.25) is 0 Å². The van der Waals surface area contributed by atoms with Gasteiger partial charge >= 0.3 is 0 Å². The molecular formula is C16H17Br2NO2. The van der Waals surface area contributed by atoms with E-state index in [1.54, 1.807) is 14.2 Å². The predicted octanol–water partition coefficient (Wildman–Crippen LogP) is 4.52. The third-order valence-electron chi connectivity index (χ3n) is 3.11. The van der Waals surface area contributed by atoms with Gasteiger partial charge in [0, 0.05) is 22.0 Å². The molecule has 3 nitrogen and oxygen atoms in total. The molecular weight excluding hydrogens is 398 g/mol. The molecule has 0 bridgehead atoms. The lowest BCUT2D eigenvalue weighted by molar-refractivity contribution is 0.354. The number of nitrogens with one attached hydrogen (secondary N) is 1. The van der Waals surface area contributed by atoms with Crippen molar-refractivity contribution in [3.05, 3.63) is 56.5 Å². The summed E-state index contributed by atoms with van der Waals surface area (Å²) in [6.07, 6.45) is 0. The van der Waals surface area contributed by atoms with Gasteiger partial charge in [-0.1, -0.05) is 44.0 Å². The van der Waals surface area contributed by atoms with E-state index in [2.05, 4.69) is 49.3 Å². The predicted molar refractivity (Wildman–Crippen MR) is 91.9 cm³/mol. The fourth-order valence-corrected chi connectivity index (χ4v) is 2.70. The Labute approximate surface area is 141 Å². The van der Waals surface area contributed by atoms with Crippen molar-refractivity contribution < 1.29 is 9.47 Å². The molecule has 0 aromatic heterocycles. The van der Waals surface area contributed by atoms with Crippen molar-refractivity contribution in [3.8, 4) is 11.5 Å². The van der Waals surface area contributed by atoms with E-state index in [1.807, 2.05) is 24.3 Å². The highest BCUT2D eigenvalue weighted by Gasteiger charge is 2.09. The van der Waals surface area contributed by atoms with Crippen molar-refractivity contribution in [1.82, 2.24) is 5.32 Å². The average molecular weight is 415 g/mol. The van der Waals surface area contributed by atoms with Crippen LogP contribution in [-0.4, -0.2) is 14.2 Å². The van der Waals surface area contributed by atoms with Gasteiger partial charge in [0.15, 0.2) is 11.5 Å². The normalized spacial score (nSPS) is 10.5. The lowest BCUT2D eigenvalue weighted by atomic mass is 10.2. The molecule has 1 N–H and O–H groups in total. The lowest BCUT2D eigenvalue weighted by Crippen LogP contribution is -2.13. The van der Waals surface area contributed by atoms with Gasteiger partial charge in [-0.25, -0.2) is 0 Å². The minimum Gasteiger partial charge on any atom is -0.493 e. The monoisotopic (exact) mass is 413 g/mol. The minimum atomic E-state index is 0.723. The Balaban J connectivity index is 2.01. The number of hydrogen-bond acceptors (Lipinski definition) is 3. The summed E-state index contributed by atoms with van der Waals surface area (Å²) in [5.41, 5.74) is 2.37. The highest BCUT2D eigenvalue weighted by molar-refractivity contribution is 9.10. The van der Waals surface area contributed by atoms with E-state index in [4.69, 9.17) is 9.47 Å². The summed E-state index contributed by atoms with van der Waals surface area (Å²) in [6, 6.07) is 12.2. The molecule has 0 fully saturated rings. The van der Waals surface area contributed by atoms with E-state index < -0.39 is 0 Å². The number of hydrogen-bond donors (Lipinski definition) is 1. The van der Waals surface area contributed by atoms with Gasteiger partial charge in [-0.15, -0.1) is 0 Å². The molecule has 2 aromatic rings. The number of methoxy groups -OCH3 is 2. The third kappa shape index (κ3) is 4.46. The van der Waals surface area contributed by atoms with Crippen LogP contribution in [0.25, 0.3) is 0 Å². The molecule has 0 aliphatic carbocycles. The van der Waals surface area contributed by atoms with Gasteiger partial charge in [-0.3, -0.25) is 0 Å². The molecule has 0 amide bonds. The van der Waals surface area contributed by atoms with E-state index in [9.17, 15) is 0 Å². The minimum absolute atomic E-state index is 0.723. The molecule has 5 heteroatoms. The number of rotatable bonds is 6. The third-order valence-corrected chi connectivity index (χ3v) is 4.38. The zero-order valence-electron chi connectivity index (χ0n) is 12.0. The Morgan fingerprint density at radius 2 is 1.52 bits per heavy atom. The van der Waals surface area contributed by atoms with E-state index in [1.165, 1.54) is 5.56 Å². The van der Waals surface area contributed by atoms with Crippen LogP contribution in [0.1, 0.15) is 11.1 Å². The highest BCUT2D eigenvalue weighted by Crippen LogP contribution is 2.33. The van der Waals surface area contributed by atoms with Crippen LogP contribution in [0, 0.1) is 0 Å². The summed E-state index contributed by atoms with van der Waals surface area (Å²) in [5.74, 6) is 1.46. The molecule has 21 heavy (non-hydrogen) atoms. The zero-order valence-corrected chi connectivity index (χ0v) is 15.1. The lowest BCUT2D eigenvalue weighted by Gasteiger charge is -2.12. The van der Waals surface area contributed by atoms with E-state index in [0.29, 0.717) is 0 Å². The molecule has 0 unspecified atom stereocenters. The van der Waals surface area contributed by atoms with Crippen LogP contribution < -0.4 is 14.8 Å². The Morgan fingerprint density at radius 1 is 0.905 bits per heavy atom. The maximum Gasteiger partial charge on any atom is 0.161 e. The van der Waals surface area contributed by atoms with E-state index in [0.717, 1.165) is 39.1 Å². The van der Waals surface area contributed by atoms with E-state index >= 15 is 0 Å². The van der Waals surface area contributed by atoms with Crippen LogP contribution in [0.3, 0.4) is 0 Å². The summed E-state index contributed by atoms with van der Waals surface area (Å²) in [6.45, 7) is 1.56. The van der Waals surface area contributed by atoms with Gasteiger partial charge in [0.1, 0.15) is 0 Å². The van der Waals surface area contributed by atoms with Gasteiger partial charge < -0.3 is 14.8 Å². The van der Waals surface area contributed by atoms with Gasteiger partial charge in [-0.2, -0.15) is 0 Å².